The predicted octanol–water partition coefficient (Wildman–Crippen LogP) is 1.38. The highest BCUT2D eigenvalue weighted by atomic mass is 19.3. The van der Waals surface area contributed by atoms with Crippen LogP contribution in [0.1, 0.15) is 12.8 Å². The quantitative estimate of drug-likeness (QED) is 0.621. The molecular formula is C7H10F3NO. The van der Waals surface area contributed by atoms with E-state index in [-0.39, 0.29) is 0 Å². The third-order valence-electron chi connectivity index (χ3n) is 2.08. The molecule has 0 aromatic carbocycles. The zero-order valence-corrected chi connectivity index (χ0v) is 6.36. The zero-order chi connectivity index (χ0) is 9.35. The number of halogens is 3. The van der Waals surface area contributed by atoms with Gasteiger partial charge in [-0.1, -0.05) is 0 Å². The van der Waals surface area contributed by atoms with Crippen molar-refractivity contribution in [2.24, 2.45) is 5.92 Å². The molecule has 0 aromatic rings. The first-order valence-corrected chi connectivity index (χ1v) is 3.65. The van der Waals surface area contributed by atoms with E-state index in [1.165, 1.54) is 0 Å². The first kappa shape index (κ1) is 9.51. The minimum Gasteiger partial charge on any atom is -0.392 e. The maximum atomic E-state index is 12.6. The van der Waals surface area contributed by atoms with Gasteiger partial charge in [-0.05, 0) is 0 Å². The normalized spacial score (nSPS) is 33.7. The van der Waals surface area contributed by atoms with Gasteiger partial charge in [-0.25, -0.2) is 13.2 Å². The number of hydrogen-bond donors (Lipinski definition) is 2. The van der Waals surface area contributed by atoms with Gasteiger partial charge in [0.15, 0.2) is 0 Å². The van der Waals surface area contributed by atoms with Crippen LogP contribution in [0, 0.1) is 11.3 Å². The lowest BCUT2D eigenvalue weighted by atomic mass is 10.0. The van der Waals surface area contributed by atoms with E-state index in [2.05, 4.69) is 0 Å². The summed E-state index contributed by atoms with van der Waals surface area (Å²) in [6.45, 7) is -1.06. The summed E-state index contributed by atoms with van der Waals surface area (Å²) in [6.07, 6.45) is -2.51. The van der Waals surface area contributed by atoms with Crippen molar-refractivity contribution in [3.63, 3.8) is 0 Å². The van der Waals surface area contributed by atoms with Gasteiger partial charge in [0.25, 0.3) is 5.92 Å². The highest BCUT2D eigenvalue weighted by Crippen LogP contribution is 2.39. The van der Waals surface area contributed by atoms with Crippen molar-refractivity contribution in [1.82, 2.24) is 0 Å². The lowest BCUT2D eigenvalue weighted by Crippen LogP contribution is -2.23. The van der Waals surface area contributed by atoms with Crippen molar-refractivity contribution in [3.8, 4) is 0 Å². The van der Waals surface area contributed by atoms with E-state index in [1.807, 2.05) is 0 Å². The van der Waals surface area contributed by atoms with Crippen LogP contribution in [0.4, 0.5) is 13.2 Å². The molecule has 1 rings (SSSR count). The maximum absolute atomic E-state index is 12.6. The molecule has 70 valence electrons. The number of nitrogens with one attached hydrogen (secondary N) is 1. The van der Waals surface area contributed by atoms with Gasteiger partial charge in [0.05, 0.1) is 6.10 Å². The molecule has 0 amide bonds. The molecule has 1 aliphatic carbocycles. The predicted molar refractivity (Wildman–Crippen MR) is 37.4 cm³/mol. The fourth-order valence-corrected chi connectivity index (χ4v) is 1.44. The molecule has 2 N–H and O–H groups in total. The van der Waals surface area contributed by atoms with Crippen LogP contribution in [-0.4, -0.2) is 29.5 Å². The summed E-state index contributed by atoms with van der Waals surface area (Å²) in [7, 11) is 0. The van der Waals surface area contributed by atoms with Gasteiger partial charge in [0.2, 0.25) is 0 Å². The number of rotatable bonds is 2. The summed E-state index contributed by atoms with van der Waals surface area (Å²) >= 11 is 0. The van der Waals surface area contributed by atoms with Crippen LogP contribution in [-0.2, 0) is 0 Å². The summed E-state index contributed by atoms with van der Waals surface area (Å²) in [5.74, 6) is -3.93. The summed E-state index contributed by atoms with van der Waals surface area (Å²) in [5, 5.41) is 16.0. The molecule has 1 saturated carbocycles. The molecule has 2 unspecified atom stereocenters. The second-order valence-electron chi connectivity index (χ2n) is 3.10. The molecule has 2 atom stereocenters. The van der Waals surface area contributed by atoms with E-state index in [0.29, 0.717) is 0 Å². The van der Waals surface area contributed by atoms with Gasteiger partial charge in [-0.2, -0.15) is 0 Å². The minimum atomic E-state index is -2.94. The van der Waals surface area contributed by atoms with E-state index in [0.717, 1.165) is 0 Å². The molecule has 5 heteroatoms. The Morgan fingerprint density at radius 2 is 2.08 bits per heavy atom. The highest BCUT2D eigenvalue weighted by Gasteiger charge is 2.47. The molecule has 0 saturated heterocycles. The first-order chi connectivity index (χ1) is 5.46. The Morgan fingerprint density at radius 1 is 1.50 bits per heavy atom. The van der Waals surface area contributed by atoms with E-state index in [1.54, 1.807) is 0 Å². The average Bonchev–Trinajstić information content (AvgIpc) is 2.23. The van der Waals surface area contributed by atoms with Crippen molar-refractivity contribution < 1.29 is 18.3 Å². The molecule has 0 aromatic heterocycles. The van der Waals surface area contributed by atoms with E-state index in [4.69, 9.17) is 10.5 Å². The Labute approximate surface area is 67.9 Å². The lowest BCUT2D eigenvalue weighted by Gasteiger charge is -2.11. The topological polar surface area (TPSA) is 44.1 Å². The zero-order valence-electron chi connectivity index (χ0n) is 6.36. The molecule has 0 bridgehead atoms. The third kappa shape index (κ3) is 1.77. The number of hydrogen-bond acceptors (Lipinski definition) is 2. The number of aliphatic hydroxyl groups is 1. The van der Waals surface area contributed by atoms with Gasteiger partial charge in [-0.3, -0.25) is 0 Å². The van der Waals surface area contributed by atoms with Crippen molar-refractivity contribution in [2.45, 2.75) is 24.9 Å². The van der Waals surface area contributed by atoms with Crippen molar-refractivity contribution in [1.29, 1.82) is 5.41 Å². The van der Waals surface area contributed by atoms with Crippen LogP contribution in [0.25, 0.3) is 0 Å². The SMILES string of the molecule is N=C(CF)C1CC(F)(F)CC1O. The molecule has 2 nitrogen and oxygen atoms in total. The fourth-order valence-electron chi connectivity index (χ4n) is 1.44. The number of alkyl halides is 3. The molecule has 0 aliphatic heterocycles. The van der Waals surface area contributed by atoms with Gasteiger partial charge in [-0.15, -0.1) is 0 Å². The largest absolute Gasteiger partial charge is 0.392 e. The van der Waals surface area contributed by atoms with E-state index < -0.39 is 43.2 Å². The lowest BCUT2D eigenvalue weighted by molar-refractivity contribution is -0.00364. The van der Waals surface area contributed by atoms with Crippen LogP contribution in [0.15, 0.2) is 0 Å². The fraction of sp³-hybridized carbons (Fsp3) is 0.857. The summed E-state index contributed by atoms with van der Waals surface area (Å²) < 4.78 is 37.0. The minimum absolute atomic E-state index is 0.431. The van der Waals surface area contributed by atoms with Crippen molar-refractivity contribution >= 4 is 5.71 Å². The molecule has 1 fully saturated rings. The molecule has 1 aliphatic rings. The third-order valence-corrected chi connectivity index (χ3v) is 2.08. The molecule has 12 heavy (non-hydrogen) atoms. The molecule has 0 spiro atoms. The summed E-state index contributed by atoms with van der Waals surface area (Å²) in [4.78, 5) is 0. The second kappa shape index (κ2) is 3.05. The smallest absolute Gasteiger partial charge is 0.251 e. The highest BCUT2D eigenvalue weighted by molar-refractivity contribution is 5.85. The Hall–Kier alpha value is -0.580. The molecule has 0 heterocycles. The Kier molecular flexibility index (Phi) is 2.41. The first-order valence-electron chi connectivity index (χ1n) is 3.65. The van der Waals surface area contributed by atoms with Crippen LogP contribution >= 0.6 is 0 Å². The summed E-state index contributed by atoms with van der Waals surface area (Å²) in [6, 6.07) is 0. The van der Waals surface area contributed by atoms with Gasteiger partial charge in [0, 0.05) is 24.5 Å². The Morgan fingerprint density at radius 3 is 2.42 bits per heavy atom. The summed E-state index contributed by atoms with van der Waals surface area (Å²) in [5.41, 5.74) is -0.431. The van der Waals surface area contributed by atoms with Crippen LogP contribution < -0.4 is 0 Å². The number of aliphatic hydroxyl groups excluding tert-OH is 1. The van der Waals surface area contributed by atoms with Crippen molar-refractivity contribution in [2.75, 3.05) is 6.67 Å². The monoisotopic (exact) mass is 181 g/mol. The second-order valence-corrected chi connectivity index (χ2v) is 3.10. The molecular weight excluding hydrogens is 171 g/mol. The maximum Gasteiger partial charge on any atom is 0.251 e. The van der Waals surface area contributed by atoms with E-state index >= 15 is 0 Å². The average molecular weight is 181 g/mol. The van der Waals surface area contributed by atoms with Crippen molar-refractivity contribution in [3.05, 3.63) is 0 Å². The van der Waals surface area contributed by atoms with Gasteiger partial charge >= 0.3 is 0 Å². The van der Waals surface area contributed by atoms with Gasteiger partial charge in [0.1, 0.15) is 6.67 Å². The molecule has 0 radical (unpaired) electrons. The van der Waals surface area contributed by atoms with Gasteiger partial charge < -0.3 is 10.5 Å². The standard InChI is InChI=1S/C7H10F3NO/c8-3-5(11)4-1-7(9,10)2-6(4)12/h4,6,11-12H,1-3H2. The Bertz CT molecular complexity index is 195. The van der Waals surface area contributed by atoms with Crippen LogP contribution in [0.3, 0.4) is 0 Å². The van der Waals surface area contributed by atoms with Crippen LogP contribution in [0.5, 0.6) is 0 Å². The van der Waals surface area contributed by atoms with E-state index in [9.17, 15) is 13.2 Å². The van der Waals surface area contributed by atoms with Crippen LogP contribution in [0.2, 0.25) is 0 Å². The Balaban J connectivity index is 2.64.